The molecule has 0 saturated carbocycles. The zero-order valence-corrected chi connectivity index (χ0v) is 11.0. The number of ether oxygens (including phenoxy) is 1. The molecule has 3 rings (SSSR count). The summed E-state index contributed by atoms with van der Waals surface area (Å²) in [6.07, 6.45) is 2.23. The Balaban J connectivity index is 2.12. The predicted molar refractivity (Wildman–Crippen MR) is 72.6 cm³/mol. The first-order chi connectivity index (χ1) is 9.28. The van der Waals surface area contributed by atoms with E-state index in [4.69, 9.17) is 20.8 Å². The second-order valence-electron chi connectivity index (χ2n) is 4.11. The van der Waals surface area contributed by atoms with Crippen LogP contribution in [0.3, 0.4) is 0 Å². The molecule has 2 aromatic heterocycles. The van der Waals surface area contributed by atoms with Crippen LogP contribution in [-0.2, 0) is 6.42 Å². The summed E-state index contributed by atoms with van der Waals surface area (Å²) in [6.45, 7) is 0. The molecule has 96 valence electrons. The fourth-order valence-corrected chi connectivity index (χ4v) is 2.19. The van der Waals surface area contributed by atoms with Crippen LogP contribution < -0.4 is 4.74 Å². The van der Waals surface area contributed by atoms with Crippen molar-refractivity contribution in [3.8, 4) is 5.75 Å². The molecule has 3 aromatic rings. The number of furan rings is 1. The van der Waals surface area contributed by atoms with Gasteiger partial charge in [-0.05, 0) is 30.3 Å². The quantitative estimate of drug-likeness (QED) is 0.734. The molecule has 0 unspecified atom stereocenters. The number of aromatic nitrogens is 2. The molecule has 0 aliphatic rings. The molecular formula is C14H11ClN2O2. The van der Waals surface area contributed by atoms with Gasteiger partial charge in [0.1, 0.15) is 11.5 Å². The van der Waals surface area contributed by atoms with Gasteiger partial charge in [0.15, 0.2) is 5.15 Å². The molecule has 0 amide bonds. The minimum absolute atomic E-state index is 0.372. The second kappa shape index (κ2) is 4.90. The van der Waals surface area contributed by atoms with Crippen molar-refractivity contribution in [1.82, 2.24) is 10.2 Å². The number of methoxy groups -OCH3 is 1. The van der Waals surface area contributed by atoms with Crippen LogP contribution in [0.4, 0.5) is 0 Å². The van der Waals surface area contributed by atoms with Crippen LogP contribution >= 0.6 is 11.6 Å². The first-order valence-corrected chi connectivity index (χ1v) is 6.17. The van der Waals surface area contributed by atoms with Crippen molar-refractivity contribution in [3.05, 3.63) is 53.2 Å². The van der Waals surface area contributed by atoms with Gasteiger partial charge in [0.2, 0.25) is 0 Å². The first kappa shape index (κ1) is 12.0. The molecule has 1 aromatic carbocycles. The molecule has 0 fully saturated rings. The Hall–Kier alpha value is -2.07. The van der Waals surface area contributed by atoms with Gasteiger partial charge in [0, 0.05) is 10.8 Å². The average Bonchev–Trinajstić information content (AvgIpc) is 2.94. The van der Waals surface area contributed by atoms with Crippen molar-refractivity contribution in [2.45, 2.75) is 6.42 Å². The lowest BCUT2D eigenvalue weighted by molar-refractivity contribution is 0.415. The number of nitrogens with zero attached hydrogens (tertiary/aromatic N) is 2. The molecule has 0 atom stereocenters. The highest BCUT2D eigenvalue weighted by molar-refractivity contribution is 6.34. The summed E-state index contributed by atoms with van der Waals surface area (Å²) in [6, 6.07) is 9.44. The molecule has 0 aliphatic carbocycles. The van der Waals surface area contributed by atoms with Crippen LogP contribution in [0, 0.1) is 0 Å². The molecule has 0 N–H and O–H groups in total. The molecular weight excluding hydrogens is 264 g/mol. The summed E-state index contributed by atoms with van der Waals surface area (Å²) >= 11 is 6.09. The van der Waals surface area contributed by atoms with Gasteiger partial charge in [-0.15, -0.1) is 5.10 Å². The lowest BCUT2D eigenvalue weighted by Crippen LogP contribution is -1.97. The smallest absolute Gasteiger partial charge is 0.159 e. The van der Waals surface area contributed by atoms with E-state index in [-0.39, 0.29) is 0 Å². The molecule has 0 spiro atoms. The van der Waals surface area contributed by atoms with Gasteiger partial charge in [-0.3, -0.25) is 0 Å². The van der Waals surface area contributed by atoms with E-state index in [0.717, 1.165) is 28.0 Å². The number of hydrogen-bond acceptors (Lipinski definition) is 4. The van der Waals surface area contributed by atoms with Crippen LogP contribution in [0.25, 0.3) is 10.8 Å². The van der Waals surface area contributed by atoms with E-state index in [0.29, 0.717) is 11.6 Å². The summed E-state index contributed by atoms with van der Waals surface area (Å²) in [5, 5.41) is 10.3. The predicted octanol–water partition coefficient (Wildman–Crippen LogP) is 3.48. The Morgan fingerprint density at radius 1 is 1.21 bits per heavy atom. The van der Waals surface area contributed by atoms with Gasteiger partial charge in [0.25, 0.3) is 0 Å². The van der Waals surface area contributed by atoms with Crippen molar-refractivity contribution in [2.75, 3.05) is 7.11 Å². The van der Waals surface area contributed by atoms with Crippen molar-refractivity contribution >= 4 is 22.4 Å². The van der Waals surface area contributed by atoms with Crippen molar-refractivity contribution in [1.29, 1.82) is 0 Å². The van der Waals surface area contributed by atoms with Gasteiger partial charge in [-0.25, -0.2) is 0 Å². The Kier molecular flexibility index (Phi) is 3.09. The number of hydrogen-bond donors (Lipinski definition) is 0. The SMILES string of the molecule is COc1ccc2c(Cc3ccco3)nnc(Cl)c2c1. The standard InChI is InChI=1S/C14H11ClN2O2/c1-18-9-4-5-11-12(7-9)14(15)17-16-13(11)8-10-3-2-6-19-10/h2-7H,8H2,1H3. The van der Waals surface area contributed by atoms with Gasteiger partial charge in [-0.1, -0.05) is 11.6 Å². The van der Waals surface area contributed by atoms with E-state index in [2.05, 4.69) is 10.2 Å². The lowest BCUT2D eigenvalue weighted by Gasteiger charge is -2.07. The lowest BCUT2D eigenvalue weighted by atomic mass is 10.1. The normalized spacial score (nSPS) is 10.8. The van der Waals surface area contributed by atoms with E-state index < -0.39 is 0 Å². The summed E-state index contributed by atoms with van der Waals surface area (Å²) in [5.74, 6) is 1.58. The fraction of sp³-hybridized carbons (Fsp3) is 0.143. The van der Waals surface area contributed by atoms with Gasteiger partial charge in [0.05, 0.1) is 25.5 Å². The van der Waals surface area contributed by atoms with Crippen LogP contribution in [0.15, 0.2) is 41.0 Å². The zero-order valence-electron chi connectivity index (χ0n) is 10.3. The third kappa shape index (κ3) is 2.27. The topological polar surface area (TPSA) is 48.2 Å². The molecule has 19 heavy (non-hydrogen) atoms. The highest BCUT2D eigenvalue weighted by Crippen LogP contribution is 2.28. The molecule has 0 aliphatic heterocycles. The van der Waals surface area contributed by atoms with Crippen molar-refractivity contribution in [3.63, 3.8) is 0 Å². The summed E-state index contributed by atoms with van der Waals surface area (Å²) in [4.78, 5) is 0. The van der Waals surface area contributed by atoms with E-state index >= 15 is 0 Å². The first-order valence-electron chi connectivity index (χ1n) is 5.79. The third-order valence-corrected chi connectivity index (χ3v) is 3.22. The molecule has 0 saturated heterocycles. The Bertz CT molecular complexity index is 711. The highest BCUT2D eigenvalue weighted by Gasteiger charge is 2.10. The Morgan fingerprint density at radius 3 is 2.84 bits per heavy atom. The summed E-state index contributed by atoms with van der Waals surface area (Å²) in [7, 11) is 1.62. The molecule has 4 nitrogen and oxygen atoms in total. The van der Waals surface area contributed by atoms with Crippen LogP contribution in [0.1, 0.15) is 11.5 Å². The molecule has 2 heterocycles. The fourth-order valence-electron chi connectivity index (χ4n) is 1.99. The van der Waals surface area contributed by atoms with Gasteiger partial charge >= 0.3 is 0 Å². The van der Waals surface area contributed by atoms with Gasteiger partial charge < -0.3 is 9.15 Å². The van der Waals surface area contributed by atoms with Crippen molar-refractivity contribution < 1.29 is 9.15 Å². The molecule has 5 heteroatoms. The van der Waals surface area contributed by atoms with E-state index in [1.807, 2.05) is 30.3 Å². The monoisotopic (exact) mass is 274 g/mol. The van der Waals surface area contributed by atoms with E-state index in [1.54, 1.807) is 13.4 Å². The molecule has 0 bridgehead atoms. The van der Waals surface area contributed by atoms with Crippen molar-refractivity contribution in [2.24, 2.45) is 0 Å². The third-order valence-electron chi connectivity index (χ3n) is 2.94. The Labute approximate surface area is 115 Å². The largest absolute Gasteiger partial charge is 0.497 e. The van der Waals surface area contributed by atoms with Crippen LogP contribution in [0.5, 0.6) is 5.75 Å². The molecule has 0 radical (unpaired) electrons. The average molecular weight is 275 g/mol. The van der Waals surface area contributed by atoms with Crippen LogP contribution in [-0.4, -0.2) is 17.3 Å². The zero-order chi connectivity index (χ0) is 13.2. The Morgan fingerprint density at radius 2 is 2.11 bits per heavy atom. The summed E-state index contributed by atoms with van der Waals surface area (Å²) < 4.78 is 10.5. The maximum absolute atomic E-state index is 6.09. The number of halogens is 1. The summed E-state index contributed by atoms with van der Waals surface area (Å²) in [5.41, 5.74) is 0.831. The number of rotatable bonds is 3. The minimum atomic E-state index is 0.372. The second-order valence-corrected chi connectivity index (χ2v) is 4.46. The van der Waals surface area contributed by atoms with Crippen LogP contribution in [0.2, 0.25) is 5.15 Å². The highest BCUT2D eigenvalue weighted by atomic mass is 35.5. The van der Waals surface area contributed by atoms with E-state index in [9.17, 15) is 0 Å². The maximum Gasteiger partial charge on any atom is 0.159 e. The minimum Gasteiger partial charge on any atom is -0.497 e. The van der Waals surface area contributed by atoms with Gasteiger partial charge in [-0.2, -0.15) is 5.10 Å². The van der Waals surface area contributed by atoms with E-state index in [1.165, 1.54) is 0 Å². The number of benzene rings is 1. The number of fused-ring (bicyclic) bond motifs is 1. The maximum atomic E-state index is 6.09.